The van der Waals surface area contributed by atoms with E-state index in [0.717, 1.165) is 0 Å². The Morgan fingerprint density at radius 3 is 1.69 bits per heavy atom. The zero-order valence-corrected chi connectivity index (χ0v) is 10.9. The monoisotopic (exact) mass is 270 g/mol. The normalized spacial score (nSPS) is 11.0. The Hall–Kier alpha value is -0.480. The maximum Gasteiger partial charge on any atom is 0.320 e. The molecule has 0 saturated carbocycles. The lowest BCUT2D eigenvalue weighted by Gasteiger charge is -2.26. The van der Waals surface area contributed by atoms with Crippen molar-refractivity contribution in [1.29, 1.82) is 0 Å². The van der Waals surface area contributed by atoms with Crippen molar-refractivity contribution in [3.05, 3.63) is 0 Å². The molecule has 6 heteroatoms. The van der Waals surface area contributed by atoms with Crippen LogP contribution in [0.15, 0.2) is 0 Å². The van der Waals surface area contributed by atoms with Crippen molar-refractivity contribution in [3.63, 3.8) is 0 Å². The quantitative estimate of drug-likeness (QED) is 0.524. The van der Waals surface area contributed by atoms with Gasteiger partial charge in [0.1, 0.15) is 11.8 Å². The van der Waals surface area contributed by atoms with E-state index in [1.165, 1.54) is 0 Å². The van der Waals surface area contributed by atoms with Gasteiger partial charge in [-0.05, 0) is 6.42 Å². The van der Waals surface area contributed by atoms with Crippen LogP contribution >= 0.6 is 23.2 Å². The van der Waals surface area contributed by atoms with Crippen molar-refractivity contribution in [2.75, 3.05) is 25.0 Å². The smallest absolute Gasteiger partial charge is 0.320 e. The van der Waals surface area contributed by atoms with Crippen molar-refractivity contribution in [2.24, 2.45) is 5.41 Å². The zero-order chi connectivity index (χ0) is 12.6. The van der Waals surface area contributed by atoms with Gasteiger partial charge in [0, 0.05) is 5.41 Å². The van der Waals surface area contributed by atoms with E-state index in [0.29, 0.717) is 6.42 Å². The molecular formula is C10H16Cl2O4. The molecule has 0 unspecified atom stereocenters. The summed E-state index contributed by atoms with van der Waals surface area (Å²) >= 11 is 10.6. The molecule has 0 aliphatic carbocycles. The Labute approximate surface area is 105 Å². The number of alkyl halides is 2. The minimum atomic E-state index is -0.481. The Kier molecular flexibility index (Phi) is 7.51. The molecule has 0 aliphatic rings. The van der Waals surface area contributed by atoms with Gasteiger partial charge in [0.15, 0.2) is 0 Å². The number of hydrogen-bond donors (Lipinski definition) is 0. The molecule has 0 heterocycles. The van der Waals surface area contributed by atoms with Gasteiger partial charge >= 0.3 is 11.9 Å². The van der Waals surface area contributed by atoms with E-state index < -0.39 is 17.4 Å². The van der Waals surface area contributed by atoms with Crippen LogP contribution in [-0.2, 0) is 19.1 Å². The third-order valence-corrected chi connectivity index (χ3v) is 2.67. The van der Waals surface area contributed by atoms with Gasteiger partial charge in [0.25, 0.3) is 0 Å². The topological polar surface area (TPSA) is 52.6 Å². The van der Waals surface area contributed by atoms with Gasteiger partial charge < -0.3 is 9.47 Å². The van der Waals surface area contributed by atoms with Crippen LogP contribution in [0.2, 0.25) is 0 Å². The second-order valence-electron chi connectivity index (χ2n) is 3.75. The van der Waals surface area contributed by atoms with Crippen molar-refractivity contribution in [2.45, 2.75) is 20.3 Å². The maximum atomic E-state index is 10.9. The van der Waals surface area contributed by atoms with Gasteiger partial charge in [0.05, 0.1) is 13.2 Å². The average Bonchev–Trinajstić information content (AvgIpc) is 2.32. The fourth-order valence-electron chi connectivity index (χ4n) is 0.832. The highest BCUT2D eigenvalue weighted by Gasteiger charge is 2.26. The summed E-state index contributed by atoms with van der Waals surface area (Å²) in [7, 11) is 0. The largest absolute Gasteiger partial charge is 0.464 e. The number of carbonyl (C=O) groups is 2. The van der Waals surface area contributed by atoms with Crippen LogP contribution in [0.1, 0.15) is 20.3 Å². The van der Waals surface area contributed by atoms with Crippen LogP contribution in [-0.4, -0.2) is 36.9 Å². The van der Waals surface area contributed by atoms with Crippen LogP contribution < -0.4 is 0 Å². The Balaban J connectivity index is 4.09. The van der Waals surface area contributed by atoms with E-state index in [1.54, 1.807) is 0 Å². The summed E-state index contributed by atoms with van der Waals surface area (Å²) in [4.78, 5) is 21.8. The first-order valence-electron chi connectivity index (χ1n) is 4.90. The summed E-state index contributed by atoms with van der Waals surface area (Å²) in [5.41, 5.74) is -0.399. The summed E-state index contributed by atoms with van der Waals surface area (Å²) in [5.74, 6) is -1.32. The molecule has 94 valence electrons. The summed E-state index contributed by atoms with van der Waals surface area (Å²) in [6.07, 6.45) is 0.706. The lowest BCUT2D eigenvalue weighted by atomic mass is 9.90. The number of carbonyl (C=O) groups excluding carboxylic acids is 2. The minimum absolute atomic E-state index is 0.171. The number of esters is 2. The molecule has 0 aromatic heterocycles. The van der Waals surface area contributed by atoms with E-state index in [1.807, 2.05) is 13.8 Å². The van der Waals surface area contributed by atoms with Crippen LogP contribution in [0.25, 0.3) is 0 Å². The zero-order valence-electron chi connectivity index (χ0n) is 9.42. The van der Waals surface area contributed by atoms with Crippen molar-refractivity contribution in [1.82, 2.24) is 0 Å². The number of hydrogen-bond acceptors (Lipinski definition) is 4. The fraction of sp³-hybridized carbons (Fsp3) is 0.800. The molecule has 0 aromatic carbocycles. The molecule has 16 heavy (non-hydrogen) atoms. The highest BCUT2D eigenvalue weighted by atomic mass is 35.5. The molecule has 0 N–H and O–H groups in total. The van der Waals surface area contributed by atoms with Crippen LogP contribution in [0, 0.1) is 5.41 Å². The molecule has 0 rings (SSSR count). The molecule has 0 saturated heterocycles. The molecular weight excluding hydrogens is 255 g/mol. The van der Waals surface area contributed by atoms with E-state index in [4.69, 9.17) is 32.7 Å². The highest BCUT2D eigenvalue weighted by molar-refractivity contribution is 6.26. The SMILES string of the molecule is CCC(C)(COC(=O)CCl)COC(=O)CCl. The minimum Gasteiger partial charge on any atom is -0.464 e. The maximum absolute atomic E-state index is 10.9. The van der Waals surface area contributed by atoms with Crippen molar-refractivity contribution < 1.29 is 19.1 Å². The van der Waals surface area contributed by atoms with Crippen LogP contribution in [0.3, 0.4) is 0 Å². The summed E-state index contributed by atoms with van der Waals surface area (Å²) in [5, 5.41) is 0. The first-order valence-corrected chi connectivity index (χ1v) is 5.97. The van der Waals surface area contributed by atoms with Gasteiger partial charge in [-0.2, -0.15) is 0 Å². The average molecular weight is 271 g/mol. The standard InChI is InChI=1S/C10H16Cl2O4/c1-3-10(2,6-15-8(13)4-11)7-16-9(14)5-12/h3-7H2,1-2H3. The number of rotatable bonds is 7. The number of halogens is 2. The molecule has 0 radical (unpaired) electrons. The molecule has 0 bridgehead atoms. The second-order valence-corrected chi connectivity index (χ2v) is 4.29. The Morgan fingerprint density at radius 2 is 1.44 bits per heavy atom. The highest BCUT2D eigenvalue weighted by Crippen LogP contribution is 2.22. The molecule has 0 aromatic rings. The van der Waals surface area contributed by atoms with Gasteiger partial charge in [-0.15, -0.1) is 23.2 Å². The van der Waals surface area contributed by atoms with Crippen LogP contribution in [0.5, 0.6) is 0 Å². The predicted molar refractivity (Wildman–Crippen MR) is 61.8 cm³/mol. The Bertz CT molecular complexity index is 223. The summed E-state index contributed by atoms with van der Waals surface area (Å²) < 4.78 is 9.84. The van der Waals surface area contributed by atoms with Crippen molar-refractivity contribution in [3.8, 4) is 0 Å². The lowest BCUT2D eigenvalue weighted by Crippen LogP contribution is -2.31. The van der Waals surface area contributed by atoms with Gasteiger partial charge in [-0.3, -0.25) is 9.59 Å². The van der Waals surface area contributed by atoms with Gasteiger partial charge in [-0.25, -0.2) is 0 Å². The molecule has 0 atom stereocenters. The molecule has 0 fully saturated rings. The van der Waals surface area contributed by atoms with E-state index in [2.05, 4.69) is 0 Å². The van der Waals surface area contributed by atoms with Crippen molar-refractivity contribution >= 4 is 35.1 Å². The Morgan fingerprint density at radius 1 is 1.06 bits per heavy atom. The number of ether oxygens (including phenoxy) is 2. The van der Waals surface area contributed by atoms with E-state index >= 15 is 0 Å². The first-order chi connectivity index (χ1) is 7.47. The third kappa shape index (κ3) is 6.18. The first kappa shape index (κ1) is 15.5. The molecule has 4 nitrogen and oxygen atoms in total. The van der Waals surface area contributed by atoms with E-state index in [-0.39, 0.29) is 25.0 Å². The summed E-state index contributed by atoms with van der Waals surface area (Å²) in [6.45, 7) is 4.12. The third-order valence-electron chi connectivity index (χ3n) is 2.24. The lowest BCUT2D eigenvalue weighted by molar-refractivity contribution is -0.150. The molecule has 0 amide bonds. The fourth-order valence-corrected chi connectivity index (χ4v) is 0.987. The van der Waals surface area contributed by atoms with Gasteiger partial charge in [-0.1, -0.05) is 13.8 Å². The molecule has 0 spiro atoms. The summed E-state index contributed by atoms with van der Waals surface area (Å²) in [6, 6.07) is 0. The molecule has 0 aliphatic heterocycles. The van der Waals surface area contributed by atoms with Crippen LogP contribution in [0.4, 0.5) is 0 Å². The van der Waals surface area contributed by atoms with Gasteiger partial charge in [0.2, 0.25) is 0 Å². The predicted octanol–water partition coefficient (Wildman–Crippen LogP) is 1.97. The van der Waals surface area contributed by atoms with E-state index in [9.17, 15) is 9.59 Å². The second kappa shape index (κ2) is 7.74.